The zero-order chi connectivity index (χ0) is 20.9. The largest absolute Gasteiger partial charge is 0.493 e. The number of likely N-dealkylation sites (tertiary alicyclic amines) is 1. The molecule has 0 spiro atoms. The van der Waals surface area contributed by atoms with Crippen LogP contribution in [0.25, 0.3) is 0 Å². The van der Waals surface area contributed by atoms with Gasteiger partial charge in [-0.1, -0.05) is 20.8 Å². The van der Waals surface area contributed by atoms with E-state index in [1.54, 1.807) is 7.11 Å². The van der Waals surface area contributed by atoms with Gasteiger partial charge in [0, 0.05) is 29.9 Å². The topological polar surface area (TPSA) is 84.1 Å². The molecule has 1 aromatic rings. The van der Waals surface area contributed by atoms with Crippen molar-refractivity contribution in [2.45, 2.75) is 45.7 Å². The quantitative estimate of drug-likeness (QED) is 0.609. The number of hydrogen-bond donors (Lipinski definition) is 3. The van der Waals surface area contributed by atoms with Crippen LogP contribution < -0.4 is 25.8 Å². The molecule has 160 valence electrons. The molecule has 0 aromatic heterocycles. The summed E-state index contributed by atoms with van der Waals surface area (Å²) >= 11 is 0. The van der Waals surface area contributed by atoms with Gasteiger partial charge in [0.25, 0.3) is 0 Å². The molecule has 0 aliphatic carbocycles. The highest BCUT2D eigenvalue weighted by atomic mass is 16.5. The van der Waals surface area contributed by atoms with E-state index in [1.807, 2.05) is 30.5 Å². The second-order valence-corrected chi connectivity index (χ2v) is 8.75. The zero-order valence-electron chi connectivity index (χ0n) is 18.1. The van der Waals surface area contributed by atoms with Gasteiger partial charge in [0.2, 0.25) is 5.96 Å². The van der Waals surface area contributed by atoms with Crippen LogP contribution in [0.2, 0.25) is 0 Å². The van der Waals surface area contributed by atoms with E-state index in [1.165, 1.54) is 25.9 Å². The molecule has 2 aliphatic rings. The maximum absolute atomic E-state index is 6.49. The Hall–Kier alpha value is -2.25. The summed E-state index contributed by atoms with van der Waals surface area (Å²) in [5, 5.41) is 6.43. The lowest BCUT2D eigenvalue weighted by atomic mass is 9.81. The molecule has 2 heterocycles. The van der Waals surface area contributed by atoms with Crippen LogP contribution in [0.1, 0.15) is 40.0 Å². The van der Waals surface area contributed by atoms with Crippen molar-refractivity contribution < 1.29 is 9.47 Å². The zero-order valence-corrected chi connectivity index (χ0v) is 18.1. The second kappa shape index (κ2) is 9.05. The van der Waals surface area contributed by atoms with Crippen LogP contribution in [0.5, 0.6) is 11.5 Å². The average molecular weight is 402 g/mol. The molecule has 0 bridgehead atoms. The predicted octanol–water partition coefficient (Wildman–Crippen LogP) is 3.15. The molecular formula is C22H35N5O2. The lowest BCUT2D eigenvalue weighted by molar-refractivity contribution is 0.248. The Bertz CT molecular complexity index is 750. The van der Waals surface area contributed by atoms with Crippen molar-refractivity contribution in [3.8, 4) is 11.5 Å². The van der Waals surface area contributed by atoms with Crippen molar-refractivity contribution in [1.82, 2.24) is 10.2 Å². The highest BCUT2D eigenvalue weighted by Crippen LogP contribution is 2.33. The van der Waals surface area contributed by atoms with E-state index >= 15 is 0 Å². The number of nitrogens with one attached hydrogen (secondary N) is 2. The first kappa shape index (κ1) is 21.5. The highest BCUT2D eigenvalue weighted by molar-refractivity contribution is 5.95. The Balaban J connectivity index is 1.63. The van der Waals surface area contributed by atoms with Crippen molar-refractivity contribution in [2.24, 2.45) is 16.1 Å². The number of ether oxygens (including phenoxy) is 2. The van der Waals surface area contributed by atoms with E-state index < -0.39 is 5.66 Å². The molecular weight excluding hydrogens is 366 g/mol. The van der Waals surface area contributed by atoms with E-state index in [4.69, 9.17) is 15.2 Å². The Morgan fingerprint density at radius 3 is 2.69 bits per heavy atom. The number of nitrogens with two attached hydrogens (primary N) is 1. The summed E-state index contributed by atoms with van der Waals surface area (Å²) in [4.78, 5) is 7.17. The van der Waals surface area contributed by atoms with Gasteiger partial charge in [-0.3, -0.25) is 0 Å². The third-order valence-corrected chi connectivity index (χ3v) is 5.56. The van der Waals surface area contributed by atoms with Gasteiger partial charge in [0.05, 0.1) is 13.7 Å². The summed E-state index contributed by atoms with van der Waals surface area (Å²) < 4.78 is 11.5. The van der Waals surface area contributed by atoms with Crippen LogP contribution in [-0.2, 0) is 0 Å². The summed E-state index contributed by atoms with van der Waals surface area (Å²) in [7, 11) is 1.66. The summed E-state index contributed by atoms with van der Waals surface area (Å²) in [6, 6.07) is 5.77. The SMILES string of the molecule is COc1ccc(NC2=NC(N)(C(C)(C)C)C=CN2)cc1OCCCN1CCCC1. The summed E-state index contributed by atoms with van der Waals surface area (Å²) in [6.45, 7) is 10.4. The predicted molar refractivity (Wildman–Crippen MR) is 118 cm³/mol. The number of hydrogen-bond acceptors (Lipinski definition) is 7. The minimum atomic E-state index is -0.776. The summed E-state index contributed by atoms with van der Waals surface area (Å²) in [5.41, 5.74) is 6.36. The molecule has 7 nitrogen and oxygen atoms in total. The lowest BCUT2D eigenvalue weighted by Crippen LogP contribution is -2.52. The molecule has 1 atom stereocenters. The Morgan fingerprint density at radius 1 is 1.24 bits per heavy atom. The Morgan fingerprint density at radius 2 is 2.00 bits per heavy atom. The van der Waals surface area contributed by atoms with Crippen LogP contribution >= 0.6 is 0 Å². The molecule has 1 unspecified atom stereocenters. The number of aliphatic imine (C=N–C) groups is 1. The molecule has 7 heteroatoms. The normalized spacial score (nSPS) is 22.2. The number of anilines is 1. The highest BCUT2D eigenvalue weighted by Gasteiger charge is 2.37. The van der Waals surface area contributed by atoms with Crippen LogP contribution in [0.3, 0.4) is 0 Å². The number of methoxy groups -OCH3 is 1. The van der Waals surface area contributed by atoms with E-state index in [0.29, 0.717) is 12.6 Å². The molecule has 0 amide bonds. The molecule has 2 aliphatic heterocycles. The maximum Gasteiger partial charge on any atom is 0.202 e. The first-order valence-corrected chi connectivity index (χ1v) is 10.4. The molecule has 1 aromatic carbocycles. The van der Waals surface area contributed by atoms with Crippen LogP contribution in [0.4, 0.5) is 5.69 Å². The average Bonchev–Trinajstić information content (AvgIpc) is 3.18. The monoisotopic (exact) mass is 401 g/mol. The lowest BCUT2D eigenvalue weighted by Gasteiger charge is -2.38. The minimum Gasteiger partial charge on any atom is -0.493 e. The van der Waals surface area contributed by atoms with Gasteiger partial charge in [0.1, 0.15) is 5.66 Å². The van der Waals surface area contributed by atoms with Crippen molar-refractivity contribution in [3.63, 3.8) is 0 Å². The van der Waals surface area contributed by atoms with Gasteiger partial charge in [-0.05, 0) is 50.6 Å². The van der Waals surface area contributed by atoms with Crippen molar-refractivity contribution in [2.75, 3.05) is 38.7 Å². The third-order valence-electron chi connectivity index (χ3n) is 5.56. The Kier molecular flexibility index (Phi) is 6.70. The van der Waals surface area contributed by atoms with Gasteiger partial charge in [-0.25, -0.2) is 4.99 Å². The van der Waals surface area contributed by atoms with Gasteiger partial charge in [-0.2, -0.15) is 0 Å². The first-order valence-electron chi connectivity index (χ1n) is 10.4. The molecule has 3 rings (SSSR count). The molecule has 0 radical (unpaired) electrons. The fourth-order valence-electron chi connectivity index (χ4n) is 3.46. The van der Waals surface area contributed by atoms with E-state index in [0.717, 1.165) is 30.2 Å². The standard InChI is InChI=1S/C22H35N5O2/c1-21(2,3)22(23)10-11-24-20(26-22)25-17-8-9-18(28-4)19(16-17)29-15-7-14-27-12-5-6-13-27/h8-11,16H,5-7,12-15,23H2,1-4H3,(H2,24,25,26). The first-order chi connectivity index (χ1) is 13.8. The van der Waals surface area contributed by atoms with E-state index in [9.17, 15) is 0 Å². The fraction of sp³-hybridized carbons (Fsp3) is 0.591. The second-order valence-electron chi connectivity index (χ2n) is 8.75. The molecule has 0 saturated carbocycles. The van der Waals surface area contributed by atoms with Crippen LogP contribution in [0.15, 0.2) is 35.5 Å². The van der Waals surface area contributed by atoms with Gasteiger partial charge in [-0.15, -0.1) is 0 Å². The molecule has 1 saturated heterocycles. The van der Waals surface area contributed by atoms with Crippen molar-refractivity contribution in [1.29, 1.82) is 0 Å². The minimum absolute atomic E-state index is 0.206. The third kappa shape index (κ3) is 5.42. The van der Waals surface area contributed by atoms with E-state index in [2.05, 4.69) is 41.3 Å². The molecule has 29 heavy (non-hydrogen) atoms. The van der Waals surface area contributed by atoms with Crippen LogP contribution in [-0.4, -0.2) is 49.9 Å². The van der Waals surface area contributed by atoms with Crippen molar-refractivity contribution >= 4 is 11.6 Å². The number of rotatable bonds is 7. The van der Waals surface area contributed by atoms with Crippen LogP contribution in [0, 0.1) is 5.41 Å². The number of guanidine groups is 1. The van der Waals surface area contributed by atoms with Gasteiger partial charge < -0.3 is 30.7 Å². The smallest absolute Gasteiger partial charge is 0.202 e. The Labute approximate surface area is 174 Å². The van der Waals surface area contributed by atoms with E-state index in [-0.39, 0.29) is 5.41 Å². The van der Waals surface area contributed by atoms with Crippen molar-refractivity contribution in [3.05, 3.63) is 30.5 Å². The molecule has 4 N–H and O–H groups in total. The summed E-state index contributed by atoms with van der Waals surface area (Å²) in [6.07, 6.45) is 7.35. The number of nitrogens with zero attached hydrogens (tertiary/aromatic N) is 2. The van der Waals surface area contributed by atoms with Gasteiger partial charge in [0.15, 0.2) is 11.5 Å². The maximum atomic E-state index is 6.49. The summed E-state index contributed by atoms with van der Waals surface area (Å²) in [5.74, 6) is 2.05. The fourth-order valence-corrected chi connectivity index (χ4v) is 3.46. The molecule has 1 fully saturated rings. The number of benzene rings is 1. The van der Waals surface area contributed by atoms with Gasteiger partial charge >= 0.3 is 0 Å².